The van der Waals surface area contributed by atoms with Gasteiger partial charge in [0, 0.05) is 18.7 Å². The fraction of sp³-hybridized carbons (Fsp3) is 0.588. The second-order valence-electron chi connectivity index (χ2n) is 5.21. The molecule has 1 aromatic rings. The Hall–Kier alpha value is -1.38. The monoisotopic (exact) mass is 279 g/mol. The summed E-state index contributed by atoms with van der Waals surface area (Å²) in [5.74, 6) is -0.276. The summed E-state index contributed by atoms with van der Waals surface area (Å²) < 4.78 is 12.9. The Morgan fingerprint density at radius 1 is 0.950 bits per heavy atom. The average Bonchev–Trinajstić information content (AvgIpc) is 2.46. The second kappa shape index (κ2) is 9.51. The van der Waals surface area contributed by atoms with Crippen LogP contribution in [0.2, 0.25) is 0 Å². The Morgan fingerprint density at radius 3 is 1.90 bits per heavy atom. The molecule has 0 aliphatic rings. The van der Waals surface area contributed by atoms with Crippen LogP contribution in [0.1, 0.15) is 62.7 Å². The van der Waals surface area contributed by atoms with Crippen molar-refractivity contribution in [1.29, 1.82) is 0 Å². The van der Waals surface area contributed by atoms with Gasteiger partial charge in [-0.1, -0.05) is 39.5 Å². The van der Waals surface area contributed by atoms with Crippen LogP contribution in [0.15, 0.2) is 24.3 Å². The first kappa shape index (κ1) is 16.7. The van der Waals surface area contributed by atoms with Crippen LogP contribution in [0.3, 0.4) is 0 Å². The zero-order valence-corrected chi connectivity index (χ0v) is 12.7. The van der Waals surface area contributed by atoms with Gasteiger partial charge in [0.25, 0.3) is 5.91 Å². The van der Waals surface area contributed by atoms with Crippen molar-refractivity contribution >= 4 is 5.91 Å². The molecular weight excluding hydrogens is 253 g/mol. The van der Waals surface area contributed by atoms with Crippen molar-refractivity contribution < 1.29 is 9.18 Å². The third-order valence-corrected chi connectivity index (χ3v) is 3.44. The van der Waals surface area contributed by atoms with Gasteiger partial charge in [0.05, 0.1) is 0 Å². The van der Waals surface area contributed by atoms with E-state index in [1.807, 2.05) is 4.90 Å². The number of benzene rings is 1. The standard InChI is InChI=1S/C17H26FNO/c1-3-5-7-13-19(14-8-6-4-2)17(20)15-9-11-16(18)12-10-15/h9-12H,3-8,13-14H2,1-2H3. The van der Waals surface area contributed by atoms with Gasteiger partial charge >= 0.3 is 0 Å². The van der Waals surface area contributed by atoms with Crippen molar-refractivity contribution in [3.05, 3.63) is 35.6 Å². The summed E-state index contributed by atoms with van der Waals surface area (Å²) in [6.07, 6.45) is 6.65. The molecule has 0 saturated carbocycles. The maximum atomic E-state index is 12.9. The first-order chi connectivity index (χ1) is 9.69. The molecule has 0 bridgehead atoms. The number of rotatable bonds is 9. The van der Waals surface area contributed by atoms with E-state index in [0.29, 0.717) is 5.56 Å². The normalized spacial score (nSPS) is 10.6. The first-order valence-corrected chi connectivity index (χ1v) is 7.73. The van der Waals surface area contributed by atoms with E-state index in [4.69, 9.17) is 0 Å². The molecule has 0 unspecified atom stereocenters. The number of unbranched alkanes of at least 4 members (excludes halogenated alkanes) is 4. The molecule has 0 fully saturated rings. The molecule has 20 heavy (non-hydrogen) atoms. The summed E-state index contributed by atoms with van der Waals surface area (Å²) in [4.78, 5) is 14.4. The fourth-order valence-electron chi connectivity index (χ4n) is 2.20. The minimum atomic E-state index is -0.301. The zero-order chi connectivity index (χ0) is 14.8. The molecule has 0 aliphatic heterocycles. The second-order valence-corrected chi connectivity index (χ2v) is 5.21. The van der Waals surface area contributed by atoms with Gasteiger partial charge in [-0.25, -0.2) is 4.39 Å². The van der Waals surface area contributed by atoms with Crippen molar-refractivity contribution in [1.82, 2.24) is 4.90 Å². The third kappa shape index (κ3) is 5.72. The summed E-state index contributed by atoms with van der Waals surface area (Å²) in [6, 6.07) is 5.85. The van der Waals surface area contributed by atoms with Crippen LogP contribution in [0, 0.1) is 5.82 Å². The number of hydrogen-bond donors (Lipinski definition) is 0. The fourth-order valence-corrected chi connectivity index (χ4v) is 2.20. The number of hydrogen-bond acceptors (Lipinski definition) is 1. The zero-order valence-electron chi connectivity index (χ0n) is 12.7. The van der Waals surface area contributed by atoms with Gasteiger partial charge in [-0.05, 0) is 37.1 Å². The van der Waals surface area contributed by atoms with Gasteiger partial charge in [0.15, 0.2) is 0 Å². The Balaban J connectivity index is 2.63. The highest BCUT2D eigenvalue weighted by Crippen LogP contribution is 2.10. The molecule has 0 heterocycles. The van der Waals surface area contributed by atoms with E-state index in [9.17, 15) is 9.18 Å². The van der Waals surface area contributed by atoms with E-state index in [0.717, 1.165) is 51.6 Å². The number of carbonyl (C=O) groups excluding carboxylic acids is 1. The molecule has 1 aromatic carbocycles. The van der Waals surface area contributed by atoms with Crippen LogP contribution in [0.25, 0.3) is 0 Å². The van der Waals surface area contributed by atoms with Gasteiger partial charge in [-0.2, -0.15) is 0 Å². The molecule has 0 N–H and O–H groups in total. The third-order valence-electron chi connectivity index (χ3n) is 3.44. The van der Waals surface area contributed by atoms with E-state index in [-0.39, 0.29) is 11.7 Å². The topological polar surface area (TPSA) is 20.3 Å². The van der Waals surface area contributed by atoms with Crippen molar-refractivity contribution in [3.63, 3.8) is 0 Å². The molecule has 3 heteroatoms. The predicted molar refractivity (Wildman–Crippen MR) is 81.4 cm³/mol. The van der Waals surface area contributed by atoms with Crippen LogP contribution in [0.4, 0.5) is 4.39 Å². The first-order valence-electron chi connectivity index (χ1n) is 7.73. The summed E-state index contributed by atoms with van der Waals surface area (Å²) >= 11 is 0. The lowest BCUT2D eigenvalue weighted by molar-refractivity contribution is 0.0749. The SMILES string of the molecule is CCCCCN(CCCCC)C(=O)c1ccc(F)cc1. The molecule has 1 amide bonds. The summed E-state index contributed by atoms with van der Waals surface area (Å²) in [7, 11) is 0. The van der Waals surface area contributed by atoms with Crippen LogP contribution in [-0.2, 0) is 0 Å². The van der Waals surface area contributed by atoms with Gasteiger partial charge in [0.2, 0.25) is 0 Å². The minimum absolute atomic E-state index is 0.0252. The van der Waals surface area contributed by atoms with E-state index in [1.54, 1.807) is 12.1 Å². The Bertz CT molecular complexity index is 378. The lowest BCUT2D eigenvalue weighted by Gasteiger charge is -2.23. The highest BCUT2D eigenvalue weighted by molar-refractivity contribution is 5.94. The minimum Gasteiger partial charge on any atom is -0.339 e. The summed E-state index contributed by atoms with van der Waals surface area (Å²) in [6.45, 7) is 5.91. The van der Waals surface area contributed by atoms with E-state index in [2.05, 4.69) is 13.8 Å². The van der Waals surface area contributed by atoms with E-state index >= 15 is 0 Å². The molecule has 0 saturated heterocycles. The Kier molecular flexibility index (Phi) is 7.93. The van der Waals surface area contributed by atoms with Gasteiger partial charge in [-0.3, -0.25) is 4.79 Å². The quantitative estimate of drug-likeness (QED) is 0.603. The number of carbonyl (C=O) groups is 1. The largest absolute Gasteiger partial charge is 0.339 e. The molecule has 0 radical (unpaired) electrons. The smallest absolute Gasteiger partial charge is 0.253 e. The molecule has 0 aromatic heterocycles. The predicted octanol–water partition coefficient (Wildman–Crippen LogP) is 4.65. The van der Waals surface area contributed by atoms with Gasteiger partial charge in [0.1, 0.15) is 5.82 Å². The highest BCUT2D eigenvalue weighted by atomic mass is 19.1. The van der Waals surface area contributed by atoms with Gasteiger partial charge < -0.3 is 4.90 Å². The lowest BCUT2D eigenvalue weighted by atomic mass is 10.1. The van der Waals surface area contributed by atoms with E-state index in [1.165, 1.54) is 12.1 Å². The van der Waals surface area contributed by atoms with Crippen molar-refractivity contribution in [2.24, 2.45) is 0 Å². The summed E-state index contributed by atoms with van der Waals surface area (Å²) in [5, 5.41) is 0. The molecular formula is C17H26FNO. The van der Waals surface area contributed by atoms with Crippen LogP contribution >= 0.6 is 0 Å². The molecule has 0 atom stereocenters. The molecule has 0 aliphatic carbocycles. The van der Waals surface area contributed by atoms with Crippen molar-refractivity contribution in [2.45, 2.75) is 52.4 Å². The molecule has 1 rings (SSSR count). The molecule has 2 nitrogen and oxygen atoms in total. The van der Waals surface area contributed by atoms with Crippen LogP contribution in [0.5, 0.6) is 0 Å². The maximum Gasteiger partial charge on any atom is 0.253 e. The number of nitrogens with zero attached hydrogens (tertiary/aromatic N) is 1. The van der Waals surface area contributed by atoms with Crippen molar-refractivity contribution in [2.75, 3.05) is 13.1 Å². The average molecular weight is 279 g/mol. The van der Waals surface area contributed by atoms with Crippen molar-refractivity contribution in [3.8, 4) is 0 Å². The summed E-state index contributed by atoms with van der Waals surface area (Å²) in [5.41, 5.74) is 0.583. The Labute approximate surface area is 122 Å². The highest BCUT2D eigenvalue weighted by Gasteiger charge is 2.14. The van der Waals surface area contributed by atoms with E-state index < -0.39 is 0 Å². The van der Waals surface area contributed by atoms with Gasteiger partial charge in [-0.15, -0.1) is 0 Å². The number of amides is 1. The lowest BCUT2D eigenvalue weighted by Crippen LogP contribution is -2.33. The molecule has 0 spiro atoms. The van der Waals surface area contributed by atoms with Crippen LogP contribution < -0.4 is 0 Å². The maximum absolute atomic E-state index is 12.9. The molecule has 112 valence electrons. The Morgan fingerprint density at radius 2 is 1.45 bits per heavy atom. The number of halogens is 1. The van der Waals surface area contributed by atoms with Crippen LogP contribution in [-0.4, -0.2) is 23.9 Å².